The van der Waals surface area contributed by atoms with Crippen molar-refractivity contribution in [2.75, 3.05) is 26.3 Å². The molecule has 0 spiro atoms. The number of ether oxygens (including phenoxy) is 1. The van der Waals surface area contributed by atoms with Gasteiger partial charge in [-0.05, 0) is 17.7 Å². The summed E-state index contributed by atoms with van der Waals surface area (Å²) in [6.07, 6.45) is 0.380. The van der Waals surface area contributed by atoms with Crippen molar-refractivity contribution in [3.05, 3.63) is 34.9 Å². The molecule has 1 saturated heterocycles. The number of nitrogens with one attached hydrogen (secondary N) is 2. The maximum Gasteiger partial charge on any atom is 0.224 e. The van der Waals surface area contributed by atoms with Crippen LogP contribution in [0.5, 0.6) is 0 Å². The smallest absolute Gasteiger partial charge is 0.224 e. The Bertz CT molecular complexity index is 388. The maximum absolute atomic E-state index is 11.7. The van der Waals surface area contributed by atoms with Crippen LogP contribution in [0.1, 0.15) is 5.56 Å². The summed E-state index contributed by atoms with van der Waals surface area (Å²) in [7, 11) is 0. The fourth-order valence-corrected chi connectivity index (χ4v) is 1.96. The second-order valence-electron chi connectivity index (χ2n) is 4.33. The highest BCUT2D eigenvalue weighted by Gasteiger charge is 2.13. The molecule has 1 unspecified atom stereocenters. The minimum absolute atomic E-state index is 0.0182. The second-order valence-corrected chi connectivity index (χ2v) is 4.77. The number of rotatable bonds is 4. The summed E-state index contributed by atoms with van der Waals surface area (Å²) in [6.45, 7) is 2.85. The number of morpholine rings is 1. The Morgan fingerprint density at radius 3 is 2.89 bits per heavy atom. The first-order chi connectivity index (χ1) is 8.74. The minimum Gasteiger partial charge on any atom is -0.378 e. The molecule has 0 radical (unpaired) electrons. The zero-order valence-corrected chi connectivity index (χ0v) is 10.9. The summed E-state index contributed by atoms with van der Waals surface area (Å²) in [5, 5.41) is 6.87. The molecule has 1 aromatic rings. The number of hydrogen-bond donors (Lipinski definition) is 2. The van der Waals surface area contributed by atoms with Crippen LogP contribution in [0.3, 0.4) is 0 Å². The molecule has 0 aliphatic carbocycles. The summed E-state index contributed by atoms with van der Waals surface area (Å²) in [5.41, 5.74) is 0.963. The van der Waals surface area contributed by atoms with Gasteiger partial charge in [0.25, 0.3) is 0 Å². The Hall–Kier alpha value is -1.10. The van der Waals surface area contributed by atoms with Crippen molar-refractivity contribution in [2.45, 2.75) is 12.5 Å². The van der Waals surface area contributed by atoms with E-state index in [4.69, 9.17) is 16.3 Å². The van der Waals surface area contributed by atoms with E-state index in [1.54, 1.807) is 12.1 Å². The molecule has 4 nitrogen and oxygen atoms in total. The number of halogens is 1. The highest BCUT2D eigenvalue weighted by atomic mass is 35.5. The lowest BCUT2D eigenvalue weighted by molar-refractivity contribution is -0.120. The van der Waals surface area contributed by atoms with Gasteiger partial charge < -0.3 is 15.4 Å². The largest absolute Gasteiger partial charge is 0.378 e. The van der Waals surface area contributed by atoms with Crippen molar-refractivity contribution in [3.63, 3.8) is 0 Å². The molecule has 1 heterocycles. The molecule has 1 aromatic carbocycles. The third-order valence-electron chi connectivity index (χ3n) is 2.82. The van der Waals surface area contributed by atoms with Gasteiger partial charge in [0.15, 0.2) is 0 Å². The highest BCUT2D eigenvalue weighted by Crippen LogP contribution is 2.09. The number of carbonyl (C=O) groups is 1. The minimum atomic E-state index is 0.0182. The van der Waals surface area contributed by atoms with E-state index in [-0.39, 0.29) is 11.9 Å². The summed E-state index contributed by atoms with van der Waals surface area (Å²) >= 11 is 5.79. The van der Waals surface area contributed by atoms with Crippen LogP contribution in [-0.4, -0.2) is 38.3 Å². The maximum atomic E-state index is 11.7. The van der Waals surface area contributed by atoms with Gasteiger partial charge in [0, 0.05) is 24.2 Å². The van der Waals surface area contributed by atoms with Gasteiger partial charge in [-0.2, -0.15) is 0 Å². The van der Waals surface area contributed by atoms with E-state index >= 15 is 0 Å². The van der Waals surface area contributed by atoms with Gasteiger partial charge >= 0.3 is 0 Å². The topological polar surface area (TPSA) is 50.4 Å². The monoisotopic (exact) mass is 268 g/mol. The zero-order valence-electron chi connectivity index (χ0n) is 10.1. The van der Waals surface area contributed by atoms with E-state index in [0.29, 0.717) is 24.6 Å². The number of amides is 1. The molecule has 0 aromatic heterocycles. The number of carbonyl (C=O) groups excluding carboxylic acids is 1. The number of hydrogen-bond acceptors (Lipinski definition) is 3. The van der Waals surface area contributed by atoms with E-state index in [0.717, 1.165) is 18.7 Å². The average molecular weight is 269 g/mol. The van der Waals surface area contributed by atoms with Gasteiger partial charge in [-0.3, -0.25) is 4.79 Å². The van der Waals surface area contributed by atoms with Crippen molar-refractivity contribution >= 4 is 17.5 Å². The molecule has 0 saturated carbocycles. The predicted octanol–water partition coefficient (Wildman–Crippen LogP) is 0.987. The molecule has 2 rings (SSSR count). The molecule has 1 atom stereocenters. The predicted molar refractivity (Wildman–Crippen MR) is 70.8 cm³/mol. The standard InChI is InChI=1S/C13H17ClN2O2/c14-11-3-1-10(2-4-11)7-13(17)16-8-12-9-18-6-5-15-12/h1-4,12,15H,5-9H2,(H,16,17). The molecule has 1 aliphatic rings. The van der Waals surface area contributed by atoms with Crippen LogP contribution in [0.15, 0.2) is 24.3 Å². The van der Waals surface area contributed by atoms with Gasteiger partial charge in [0.2, 0.25) is 5.91 Å². The molecule has 0 bridgehead atoms. The lowest BCUT2D eigenvalue weighted by atomic mass is 10.1. The molecule has 18 heavy (non-hydrogen) atoms. The average Bonchev–Trinajstić information content (AvgIpc) is 2.40. The van der Waals surface area contributed by atoms with E-state index in [1.165, 1.54) is 0 Å². The van der Waals surface area contributed by atoms with Crippen LogP contribution in [-0.2, 0) is 16.0 Å². The van der Waals surface area contributed by atoms with Crippen LogP contribution >= 0.6 is 11.6 Å². The molecular formula is C13H17ClN2O2. The van der Waals surface area contributed by atoms with Gasteiger partial charge in [-0.25, -0.2) is 0 Å². The normalized spacial score (nSPS) is 19.5. The molecule has 98 valence electrons. The summed E-state index contributed by atoms with van der Waals surface area (Å²) in [6, 6.07) is 7.53. The summed E-state index contributed by atoms with van der Waals surface area (Å²) in [5.74, 6) is 0.0182. The Kier molecular flexibility index (Phi) is 4.99. The van der Waals surface area contributed by atoms with Gasteiger partial charge in [-0.15, -0.1) is 0 Å². The Balaban J connectivity index is 1.73. The van der Waals surface area contributed by atoms with Crippen molar-refractivity contribution in [1.82, 2.24) is 10.6 Å². The van der Waals surface area contributed by atoms with E-state index < -0.39 is 0 Å². The first-order valence-corrected chi connectivity index (χ1v) is 6.44. The van der Waals surface area contributed by atoms with Gasteiger partial charge in [-0.1, -0.05) is 23.7 Å². The fraction of sp³-hybridized carbons (Fsp3) is 0.462. The Labute approximate surface area is 112 Å². The van der Waals surface area contributed by atoms with Crippen LogP contribution < -0.4 is 10.6 Å². The lowest BCUT2D eigenvalue weighted by Gasteiger charge is -2.23. The second kappa shape index (κ2) is 6.73. The fourth-order valence-electron chi connectivity index (χ4n) is 1.84. The molecule has 1 aliphatic heterocycles. The third kappa shape index (κ3) is 4.29. The van der Waals surface area contributed by atoms with Gasteiger partial charge in [0.05, 0.1) is 19.6 Å². The van der Waals surface area contributed by atoms with Crippen molar-refractivity contribution in [2.24, 2.45) is 0 Å². The van der Waals surface area contributed by atoms with E-state index in [1.807, 2.05) is 12.1 Å². The van der Waals surface area contributed by atoms with Crippen LogP contribution in [0, 0.1) is 0 Å². The van der Waals surface area contributed by atoms with E-state index in [9.17, 15) is 4.79 Å². The zero-order chi connectivity index (χ0) is 12.8. The summed E-state index contributed by atoms with van der Waals surface area (Å²) in [4.78, 5) is 11.7. The molecule has 2 N–H and O–H groups in total. The van der Waals surface area contributed by atoms with E-state index in [2.05, 4.69) is 10.6 Å². The van der Waals surface area contributed by atoms with Crippen LogP contribution in [0.4, 0.5) is 0 Å². The van der Waals surface area contributed by atoms with Crippen LogP contribution in [0.2, 0.25) is 5.02 Å². The van der Waals surface area contributed by atoms with Crippen molar-refractivity contribution < 1.29 is 9.53 Å². The van der Waals surface area contributed by atoms with Gasteiger partial charge in [0.1, 0.15) is 0 Å². The highest BCUT2D eigenvalue weighted by molar-refractivity contribution is 6.30. The summed E-state index contributed by atoms with van der Waals surface area (Å²) < 4.78 is 5.32. The molecule has 1 amide bonds. The van der Waals surface area contributed by atoms with Crippen LogP contribution in [0.25, 0.3) is 0 Å². The van der Waals surface area contributed by atoms with Crippen molar-refractivity contribution in [1.29, 1.82) is 0 Å². The quantitative estimate of drug-likeness (QED) is 0.856. The molecule has 1 fully saturated rings. The Morgan fingerprint density at radius 2 is 2.22 bits per heavy atom. The lowest BCUT2D eigenvalue weighted by Crippen LogP contribution is -2.48. The van der Waals surface area contributed by atoms with Crippen molar-refractivity contribution in [3.8, 4) is 0 Å². The SMILES string of the molecule is O=C(Cc1ccc(Cl)cc1)NCC1COCCN1. The third-order valence-corrected chi connectivity index (χ3v) is 3.07. The first kappa shape index (κ1) is 13.3. The Morgan fingerprint density at radius 1 is 1.44 bits per heavy atom. The molecule has 5 heteroatoms. The molecular weight excluding hydrogens is 252 g/mol. The number of benzene rings is 1. The first-order valence-electron chi connectivity index (χ1n) is 6.06.